The number of hydrogen-bond acceptors (Lipinski definition) is 5. The largest absolute Gasteiger partial charge is 0.503 e. The summed E-state index contributed by atoms with van der Waals surface area (Å²) in [5.74, 6) is -0.902. The van der Waals surface area contributed by atoms with Gasteiger partial charge in [0.15, 0.2) is 11.5 Å². The first-order chi connectivity index (χ1) is 16.3. The van der Waals surface area contributed by atoms with Crippen LogP contribution in [0.3, 0.4) is 0 Å². The highest BCUT2D eigenvalue weighted by molar-refractivity contribution is 6.31. The van der Waals surface area contributed by atoms with Crippen LogP contribution in [0.25, 0.3) is 11.0 Å². The fourth-order valence-corrected chi connectivity index (χ4v) is 4.47. The minimum Gasteiger partial charge on any atom is -0.503 e. The van der Waals surface area contributed by atoms with Crippen molar-refractivity contribution in [2.75, 3.05) is 0 Å². The Hall–Kier alpha value is -3.77. The molecule has 1 aliphatic rings. The van der Waals surface area contributed by atoms with E-state index in [1.165, 1.54) is 11.2 Å². The number of aliphatic hydroxyl groups excluding tert-OH is 1. The molecule has 1 N–H and O–H groups in total. The summed E-state index contributed by atoms with van der Waals surface area (Å²) in [5, 5.41) is 12.0. The van der Waals surface area contributed by atoms with Crippen LogP contribution in [0.1, 0.15) is 53.2 Å². The molecule has 7 heteroatoms. The zero-order chi connectivity index (χ0) is 24.0. The van der Waals surface area contributed by atoms with Crippen LogP contribution in [0.2, 0.25) is 5.02 Å². The van der Waals surface area contributed by atoms with Crippen molar-refractivity contribution in [3.63, 3.8) is 0 Å². The van der Waals surface area contributed by atoms with E-state index in [-0.39, 0.29) is 17.9 Å². The lowest BCUT2D eigenvalue weighted by molar-refractivity contribution is -0.130. The SMILES string of the molecule is CC(C)c1ccc(C2C(C(=O)c3cc4cc(Cl)ccc4o3)=C(O)C(=O)N2Cc2ccco2)cc1. The summed E-state index contributed by atoms with van der Waals surface area (Å²) in [6, 6.07) is 17.0. The van der Waals surface area contributed by atoms with E-state index in [1.54, 1.807) is 36.4 Å². The van der Waals surface area contributed by atoms with E-state index in [4.69, 9.17) is 20.4 Å². The highest BCUT2D eigenvalue weighted by atomic mass is 35.5. The first-order valence-corrected chi connectivity index (χ1v) is 11.3. The molecule has 1 amide bonds. The fourth-order valence-electron chi connectivity index (χ4n) is 4.29. The Morgan fingerprint density at radius 2 is 1.88 bits per heavy atom. The molecular weight excluding hydrogens is 454 g/mol. The highest BCUT2D eigenvalue weighted by Crippen LogP contribution is 2.41. The van der Waals surface area contributed by atoms with E-state index < -0.39 is 23.5 Å². The van der Waals surface area contributed by atoms with Crippen molar-refractivity contribution in [1.82, 2.24) is 4.90 Å². The van der Waals surface area contributed by atoms with Gasteiger partial charge < -0.3 is 18.8 Å². The Morgan fingerprint density at radius 1 is 1.12 bits per heavy atom. The van der Waals surface area contributed by atoms with Crippen molar-refractivity contribution in [1.29, 1.82) is 0 Å². The molecule has 2 aromatic heterocycles. The van der Waals surface area contributed by atoms with E-state index in [1.807, 2.05) is 24.3 Å². The minimum atomic E-state index is -0.803. The number of carbonyl (C=O) groups is 2. The van der Waals surface area contributed by atoms with E-state index >= 15 is 0 Å². The van der Waals surface area contributed by atoms with Gasteiger partial charge in [-0.05, 0) is 53.4 Å². The van der Waals surface area contributed by atoms with Gasteiger partial charge in [-0.2, -0.15) is 0 Å². The van der Waals surface area contributed by atoms with Crippen LogP contribution < -0.4 is 0 Å². The van der Waals surface area contributed by atoms with Crippen molar-refractivity contribution in [3.05, 3.63) is 106 Å². The number of ketones is 1. The summed E-state index contributed by atoms with van der Waals surface area (Å²) in [7, 11) is 0. The number of nitrogens with zero attached hydrogens (tertiary/aromatic N) is 1. The summed E-state index contributed by atoms with van der Waals surface area (Å²) < 4.78 is 11.2. The Kier molecular flexibility index (Phi) is 5.54. The molecule has 0 aliphatic carbocycles. The standard InChI is InChI=1S/C27H22ClNO5/c1-15(2)16-5-7-17(8-6-16)24-23(26(31)27(32)29(24)14-20-4-3-11-33-20)25(30)22-13-18-12-19(28)9-10-21(18)34-22/h3-13,15,24,31H,14H2,1-2H3. The van der Waals surface area contributed by atoms with Gasteiger partial charge in [0.1, 0.15) is 11.3 Å². The lowest BCUT2D eigenvalue weighted by Crippen LogP contribution is -2.30. The quantitative estimate of drug-likeness (QED) is 0.318. The van der Waals surface area contributed by atoms with Gasteiger partial charge in [0.2, 0.25) is 5.78 Å². The summed E-state index contributed by atoms with van der Waals surface area (Å²) in [6.45, 7) is 4.27. The van der Waals surface area contributed by atoms with E-state index in [9.17, 15) is 14.7 Å². The normalized spacial score (nSPS) is 16.3. The number of aliphatic hydroxyl groups is 1. The van der Waals surface area contributed by atoms with Gasteiger partial charge in [0, 0.05) is 10.4 Å². The average molecular weight is 476 g/mol. The lowest BCUT2D eigenvalue weighted by Gasteiger charge is -2.26. The summed E-state index contributed by atoms with van der Waals surface area (Å²) in [6.07, 6.45) is 1.52. The third-order valence-corrected chi connectivity index (χ3v) is 6.31. The molecule has 6 nitrogen and oxygen atoms in total. The topological polar surface area (TPSA) is 83.9 Å². The number of amides is 1. The molecule has 0 fully saturated rings. The second kappa shape index (κ2) is 8.54. The number of fused-ring (bicyclic) bond motifs is 1. The number of halogens is 1. The molecule has 172 valence electrons. The second-order valence-corrected chi connectivity index (χ2v) is 9.06. The Balaban J connectivity index is 1.59. The maximum absolute atomic E-state index is 13.6. The van der Waals surface area contributed by atoms with Crippen LogP contribution in [0.4, 0.5) is 0 Å². The molecular formula is C27H22ClNO5. The molecule has 0 spiro atoms. The molecule has 3 heterocycles. The maximum Gasteiger partial charge on any atom is 0.290 e. The molecule has 0 radical (unpaired) electrons. The van der Waals surface area contributed by atoms with Crippen molar-refractivity contribution in [3.8, 4) is 0 Å². The van der Waals surface area contributed by atoms with Crippen molar-refractivity contribution < 1.29 is 23.5 Å². The monoisotopic (exact) mass is 475 g/mol. The van der Waals surface area contributed by atoms with Crippen LogP contribution in [0.15, 0.2) is 87.1 Å². The molecule has 1 atom stereocenters. The molecule has 0 saturated heterocycles. The maximum atomic E-state index is 13.6. The first kappa shape index (κ1) is 22.0. The zero-order valence-electron chi connectivity index (χ0n) is 18.6. The average Bonchev–Trinajstić information content (AvgIpc) is 3.54. The van der Waals surface area contributed by atoms with Crippen molar-refractivity contribution >= 4 is 34.3 Å². The molecule has 2 aromatic carbocycles. The van der Waals surface area contributed by atoms with Crippen LogP contribution in [-0.4, -0.2) is 21.7 Å². The van der Waals surface area contributed by atoms with Gasteiger partial charge in [0.25, 0.3) is 5.91 Å². The van der Waals surface area contributed by atoms with Crippen LogP contribution in [0.5, 0.6) is 0 Å². The predicted octanol–water partition coefficient (Wildman–Crippen LogP) is 6.58. The molecule has 1 aliphatic heterocycles. The third-order valence-electron chi connectivity index (χ3n) is 6.08. The van der Waals surface area contributed by atoms with Gasteiger partial charge in [-0.1, -0.05) is 49.7 Å². The highest BCUT2D eigenvalue weighted by Gasteiger charge is 2.44. The van der Waals surface area contributed by atoms with Crippen LogP contribution >= 0.6 is 11.6 Å². The first-order valence-electron chi connectivity index (χ1n) is 10.9. The van der Waals surface area contributed by atoms with Gasteiger partial charge in [-0.15, -0.1) is 0 Å². The Bertz CT molecular complexity index is 1410. The van der Waals surface area contributed by atoms with E-state index in [0.29, 0.717) is 33.2 Å². The number of Topliss-reactive ketones (excluding diaryl/α,β-unsaturated/α-hetero) is 1. The van der Waals surface area contributed by atoms with Crippen molar-refractivity contribution in [2.24, 2.45) is 0 Å². The van der Waals surface area contributed by atoms with Gasteiger partial charge in [-0.3, -0.25) is 9.59 Å². The predicted molar refractivity (Wildman–Crippen MR) is 128 cm³/mol. The molecule has 1 unspecified atom stereocenters. The number of carbonyl (C=O) groups excluding carboxylic acids is 2. The molecule has 0 saturated carbocycles. The van der Waals surface area contributed by atoms with Crippen LogP contribution in [0, 0.1) is 0 Å². The number of hydrogen-bond donors (Lipinski definition) is 1. The van der Waals surface area contributed by atoms with Gasteiger partial charge >= 0.3 is 0 Å². The lowest BCUT2D eigenvalue weighted by atomic mass is 9.93. The summed E-state index contributed by atoms with van der Waals surface area (Å²) in [4.78, 5) is 28.2. The molecule has 4 aromatic rings. The van der Waals surface area contributed by atoms with Crippen LogP contribution in [-0.2, 0) is 11.3 Å². The number of benzene rings is 2. The molecule has 0 bridgehead atoms. The van der Waals surface area contributed by atoms with Crippen molar-refractivity contribution in [2.45, 2.75) is 32.4 Å². The minimum absolute atomic E-state index is 0.0234. The Morgan fingerprint density at radius 3 is 2.56 bits per heavy atom. The van der Waals surface area contributed by atoms with Gasteiger partial charge in [0.05, 0.1) is 24.4 Å². The third kappa shape index (κ3) is 3.80. The molecule has 5 rings (SSSR count). The number of furan rings is 2. The summed E-state index contributed by atoms with van der Waals surface area (Å²) in [5.41, 5.74) is 2.29. The number of rotatable bonds is 6. The van der Waals surface area contributed by atoms with Gasteiger partial charge in [-0.25, -0.2) is 0 Å². The second-order valence-electron chi connectivity index (χ2n) is 8.62. The van der Waals surface area contributed by atoms with E-state index in [0.717, 1.165) is 5.56 Å². The zero-order valence-corrected chi connectivity index (χ0v) is 19.4. The fraction of sp³-hybridized carbons (Fsp3) is 0.185. The molecule has 34 heavy (non-hydrogen) atoms. The Labute approximate surface area is 201 Å². The summed E-state index contributed by atoms with van der Waals surface area (Å²) >= 11 is 6.07. The van der Waals surface area contributed by atoms with E-state index in [2.05, 4.69) is 13.8 Å². The smallest absolute Gasteiger partial charge is 0.290 e.